The quantitative estimate of drug-likeness (QED) is 0.799. The lowest BCUT2D eigenvalue weighted by molar-refractivity contribution is 0.417. The summed E-state index contributed by atoms with van der Waals surface area (Å²) in [5.41, 5.74) is 7.79. The maximum absolute atomic E-state index is 5.84. The lowest BCUT2D eigenvalue weighted by Gasteiger charge is -2.27. The van der Waals surface area contributed by atoms with E-state index in [2.05, 4.69) is 17.0 Å². The highest BCUT2D eigenvalue weighted by atomic mass is 16.5. The van der Waals surface area contributed by atoms with Gasteiger partial charge in [-0.05, 0) is 25.0 Å². The topological polar surface area (TPSA) is 38.5 Å². The van der Waals surface area contributed by atoms with Gasteiger partial charge < -0.3 is 15.4 Å². The zero-order valence-corrected chi connectivity index (χ0v) is 10.6. The fourth-order valence-electron chi connectivity index (χ4n) is 2.40. The standard InChI is InChI=1S/C14H22N2O/c1-17-14-11-12(7-8-13(14)15)16-9-5-3-2-4-6-10-16/h7-8,11H,2-6,9-10,15H2,1H3. The highest BCUT2D eigenvalue weighted by Gasteiger charge is 2.10. The van der Waals surface area contributed by atoms with Crippen LogP contribution in [0.1, 0.15) is 32.1 Å². The summed E-state index contributed by atoms with van der Waals surface area (Å²) in [6.07, 6.45) is 6.66. The number of nitrogens with two attached hydrogens (primary N) is 1. The zero-order valence-electron chi connectivity index (χ0n) is 10.6. The summed E-state index contributed by atoms with van der Waals surface area (Å²) in [7, 11) is 1.67. The highest BCUT2D eigenvalue weighted by molar-refractivity contribution is 5.62. The number of hydrogen-bond acceptors (Lipinski definition) is 3. The van der Waals surface area contributed by atoms with Crippen LogP contribution in [0, 0.1) is 0 Å². The van der Waals surface area contributed by atoms with E-state index in [1.54, 1.807) is 7.11 Å². The number of hydrogen-bond donors (Lipinski definition) is 1. The number of anilines is 2. The van der Waals surface area contributed by atoms with E-state index in [-0.39, 0.29) is 0 Å². The summed E-state index contributed by atoms with van der Waals surface area (Å²) >= 11 is 0. The van der Waals surface area contributed by atoms with Gasteiger partial charge in [-0.15, -0.1) is 0 Å². The smallest absolute Gasteiger partial charge is 0.143 e. The average molecular weight is 234 g/mol. The van der Waals surface area contributed by atoms with E-state index in [9.17, 15) is 0 Å². The molecule has 94 valence electrons. The van der Waals surface area contributed by atoms with Crippen molar-refractivity contribution in [3.63, 3.8) is 0 Å². The van der Waals surface area contributed by atoms with Crippen molar-refractivity contribution in [2.75, 3.05) is 30.8 Å². The van der Waals surface area contributed by atoms with Gasteiger partial charge in [0.2, 0.25) is 0 Å². The molecule has 1 aliphatic heterocycles. The lowest BCUT2D eigenvalue weighted by Crippen LogP contribution is -2.26. The van der Waals surface area contributed by atoms with Crippen molar-refractivity contribution in [2.24, 2.45) is 0 Å². The Bertz CT molecular complexity index is 357. The first-order chi connectivity index (χ1) is 8.31. The number of benzene rings is 1. The van der Waals surface area contributed by atoms with Crippen molar-refractivity contribution in [3.05, 3.63) is 18.2 Å². The molecule has 1 aliphatic rings. The summed E-state index contributed by atoms with van der Waals surface area (Å²) in [6.45, 7) is 2.29. The first-order valence-electron chi connectivity index (χ1n) is 6.50. The first kappa shape index (κ1) is 12.1. The number of rotatable bonds is 2. The van der Waals surface area contributed by atoms with Gasteiger partial charge in [-0.2, -0.15) is 0 Å². The zero-order chi connectivity index (χ0) is 12.1. The summed E-state index contributed by atoms with van der Waals surface area (Å²) in [4.78, 5) is 2.45. The molecule has 17 heavy (non-hydrogen) atoms. The van der Waals surface area contributed by atoms with Crippen molar-refractivity contribution < 1.29 is 4.74 Å². The molecule has 0 aromatic heterocycles. The molecule has 2 N–H and O–H groups in total. The molecule has 0 spiro atoms. The Kier molecular flexibility index (Phi) is 4.13. The minimum absolute atomic E-state index is 0.711. The molecule has 1 saturated heterocycles. The molecule has 1 aromatic carbocycles. The van der Waals surface area contributed by atoms with E-state index in [0.29, 0.717) is 5.69 Å². The predicted octanol–water partition coefficient (Wildman–Crippen LogP) is 3.05. The molecule has 3 nitrogen and oxygen atoms in total. The molecule has 3 heteroatoms. The van der Waals surface area contributed by atoms with Gasteiger partial charge in [0.15, 0.2) is 0 Å². The third-order valence-electron chi connectivity index (χ3n) is 3.44. The van der Waals surface area contributed by atoms with Crippen LogP contribution in [-0.2, 0) is 0 Å². The average Bonchev–Trinajstić information content (AvgIpc) is 2.30. The van der Waals surface area contributed by atoms with Gasteiger partial charge in [0.1, 0.15) is 5.75 Å². The van der Waals surface area contributed by atoms with E-state index in [1.165, 1.54) is 37.8 Å². The van der Waals surface area contributed by atoms with Crippen LogP contribution in [0.3, 0.4) is 0 Å². The van der Waals surface area contributed by atoms with Crippen molar-refractivity contribution >= 4 is 11.4 Å². The monoisotopic (exact) mass is 234 g/mol. The second-order valence-corrected chi connectivity index (χ2v) is 4.68. The van der Waals surface area contributed by atoms with Crippen molar-refractivity contribution in [2.45, 2.75) is 32.1 Å². The van der Waals surface area contributed by atoms with Gasteiger partial charge in [-0.3, -0.25) is 0 Å². The van der Waals surface area contributed by atoms with Crippen LogP contribution >= 0.6 is 0 Å². The van der Waals surface area contributed by atoms with Crippen LogP contribution in [0.4, 0.5) is 11.4 Å². The van der Waals surface area contributed by atoms with E-state index >= 15 is 0 Å². The number of nitrogen functional groups attached to an aromatic ring is 1. The Labute approximate surface area is 104 Å². The first-order valence-corrected chi connectivity index (χ1v) is 6.50. The molecule has 0 amide bonds. The third kappa shape index (κ3) is 3.05. The maximum atomic E-state index is 5.84. The van der Waals surface area contributed by atoms with Gasteiger partial charge in [-0.1, -0.05) is 19.3 Å². The molecule has 2 rings (SSSR count). The Morgan fingerprint density at radius 1 is 1.06 bits per heavy atom. The fourth-order valence-corrected chi connectivity index (χ4v) is 2.40. The van der Waals surface area contributed by atoms with E-state index in [0.717, 1.165) is 18.8 Å². The molecule has 0 radical (unpaired) electrons. The minimum Gasteiger partial charge on any atom is -0.495 e. The molecule has 0 aliphatic carbocycles. The van der Waals surface area contributed by atoms with Crippen LogP contribution < -0.4 is 15.4 Å². The van der Waals surface area contributed by atoms with Crippen LogP contribution in [0.15, 0.2) is 18.2 Å². The lowest BCUT2D eigenvalue weighted by atomic mass is 10.1. The number of ether oxygens (including phenoxy) is 1. The van der Waals surface area contributed by atoms with Crippen LogP contribution in [-0.4, -0.2) is 20.2 Å². The molecular weight excluding hydrogens is 212 g/mol. The number of methoxy groups -OCH3 is 1. The van der Waals surface area contributed by atoms with Crippen LogP contribution in [0.25, 0.3) is 0 Å². The predicted molar refractivity (Wildman–Crippen MR) is 72.7 cm³/mol. The summed E-state index contributed by atoms with van der Waals surface area (Å²) in [5.74, 6) is 0.782. The molecule has 0 bridgehead atoms. The second-order valence-electron chi connectivity index (χ2n) is 4.68. The largest absolute Gasteiger partial charge is 0.495 e. The third-order valence-corrected chi connectivity index (χ3v) is 3.44. The normalized spacial score (nSPS) is 17.4. The van der Waals surface area contributed by atoms with Gasteiger partial charge >= 0.3 is 0 Å². The van der Waals surface area contributed by atoms with Crippen molar-refractivity contribution in [1.29, 1.82) is 0 Å². The molecule has 1 fully saturated rings. The Morgan fingerprint density at radius 2 is 1.71 bits per heavy atom. The van der Waals surface area contributed by atoms with E-state index in [1.807, 2.05) is 6.07 Å². The van der Waals surface area contributed by atoms with E-state index in [4.69, 9.17) is 10.5 Å². The van der Waals surface area contributed by atoms with Gasteiger partial charge in [-0.25, -0.2) is 0 Å². The molecule has 0 unspecified atom stereocenters. The fraction of sp³-hybridized carbons (Fsp3) is 0.571. The SMILES string of the molecule is COc1cc(N2CCCCCCC2)ccc1N. The molecule has 1 heterocycles. The number of nitrogens with zero attached hydrogens (tertiary/aromatic N) is 1. The van der Waals surface area contributed by atoms with Crippen LogP contribution in [0.5, 0.6) is 5.75 Å². The summed E-state index contributed by atoms with van der Waals surface area (Å²) < 4.78 is 5.28. The van der Waals surface area contributed by atoms with Gasteiger partial charge in [0.05, 0.1) is 12.8 Å². The summed E-state index contributed by atoms with van der Waals surface area (Å²) in [6, 6.07) is 6.09. The minimum atomic E-state index is 0.711. The van der Waals surface area contributed by atoms with Crippen molar-refractivity contribution in [3.8, 4) is 5.75 Å². The molecular formula is C14H22N2O. The molecule has 0 atom stereocenters. The summed E-state index contributed by atoms with van der Waals surface area (Å²) in [5, 5.41) is 0. The molecule has 0 saturated carbocycles. The van der Waals surface area contributed by atoms with Crippen LogP contribution in [0.2, 0.25) is 0 Å². The molecule has 1 aromatic rings. The second kappa shape index (κ2) is 5.80. The Balaban J connectivity index is 2.13. The van der Waals surface area contributed by atoms with E-state index < -0.39 is 0 Å². The maximum Gasteiger partial charge on any atom is 0.143 e. The van der Waals surface area contributed by atoms with Gasteiger partial charge in [0.25, 0.3) is 0 Å². The Hall–Kier alpha value is -1.38. The Morgan fingerprint density at radius 3 is 2.35 bits per heavy atom. The van der Waals surface area contributed by atoms with Crippen molar-refractivity contribution in [1.82, 2.24) is 0 Å². The highest BCUT2D eigenvalue weighted by Crippen LogP contribution is 2.28. The van der Waals surface area contributed by atoms with Gasteiger partial charge in [0, 0.05) is 24.8 Å².